The summed E-state index contributed by atoms with van der Waals surface area (Å²) in [7, 11) is 0. The van der Waals surface area contributed by atoms with Crippen molar-refractivity contribution in [3.8, 4) is 0 Å². The van der Waals surface area contributed by atoms with Crippen molar-refractivity contribution < 1.29 is 24.2 Å². The number of nitrogens with one attached hydrogen (secondary N) is 1. The lowest BCUT2D eigenvalue weighted by Crippen LogP contribution is -2.65. The van der Waals surface area contributed by atoms with Crippen LogP contribution in [0, 0.1) is 11.8 Å². The standard InChI is InChI=1S/C9H13NO5/c1-4(9(13)14)7-6(8(12)10-7)5(2)15-3-11/h3-7H,1-2H3,(H,10,12)(H,13,14)/t4?,5-,6+,7+/m0/s1. The molecule has 0 aliphatic carbocycles. The summed E-state index contributed by atoms with van der Waals surface area (Å²) in [5.74, 6) is -2.52. The first-order valence-corrected chi connectivity index (χ1v) is 4.61. The molecule has 1 heterocycles. The van der Waals surface area contributed by atoms with Crippen molar-refractivity contribution in [2.75, 3.05) is 0 Å². The van der Waals surface area contributed by atoms with E-state index in [2.05, 4.69) is 10.1 Å². The lowest BCUT2D eigenvalue weighted by atomic mass is 9.79. The van der Waals surface area contributed by atoms with E-state index in [-0.39, 0.29) is 12.4 Å². The first-order valence-electron chi connectivity index (χ1n) is 4.61. The van der Waals surface area contributed by atoms with E-state index in [0.29, 0.717) is 0 Å². The fraction of sp³-hybridized carbons (Fsp3) is 0.667. The van der Waals surface area contributed by atoms with Gasteiger partial charge in [0, 0.05) is 0 Å². The molecule has 0 radical (unpaired) electrons. The molecular weight excluding hydrogens is 202 g/mol. The summed E-state index contributed by atoms with van der Waals surface area (Å²) in [4.78, 5) is 32.0. The van der Waals surface area contributed by atoms with Crippen LogP contribution in [-0.4, -0.2) is 35.6 Å². The maximum Gasteiger partial charge on any atom is 0.308 e. The Morgan fingerprint density at radius 2 is 2.20 bits per heavy atom. The van der Waals surface area contributed by atoms with Gasteiger partial charge in [-0.05, 0) is 13.8 Å². The second-order valence-electron chi connectivity index (χ2n) is 3.62. The van der Waals surface area contributed by atoms with Gasteiger partial charge >= 0.3 is 5.97 Å². The van der Waals surface area contributed by atoms with Gasteiger partial charge in [-0.25, -0.2) is 0 Å². The first-order chi connectivity index (χ1) is 6.99. The van der Waals surface area contributed by atoms with Crippen LogP contribution in [0.3, 0.4) is 0 Å². The zero-order valence-electron chi connectivity index (χ0n) is 8.47. The van der Waals surface area contributed by atoms with Crippen molar-refractivity contribution in [3.05, 3.63) is 0 Å². The number of amides is 1. The summed E-state index contributed by atoms with van der Waals surface area (Å²) in [6.45, 7) is 3.34. The Morgan fingerprint density at radius 3 is 2.60 bits per heavy atom. The molecule has 84 valence electrons. The number of carboxylic acid groups (broad SMARTS) is 1. The van der Waals surface area contributed by atoms with Crippen molar-refractivity contribution in [1.29, 1.82) is 0 Å². The molecule has 0 bridgehead atoms. The van der Waals surface area contributed by atoms with Crippen LogP contribution in [0.25, 0.3) is 0 Å². The molecule has 6 nitrogen and oxygen atoms in total. The maximum atomic E-state index is 11.2. The molecule has 1 rings (SSSR count). The fourth-order valence-corrected chi connectivity index (χ4v) is 1.68. The average Bonchev–Trinajstić information content (AvgIpc) is 2.12. The first kappa shape index (κ1) is 11.5. The molecule has 1 aliphatic heterocycles. The van der Waals surface area contributed by atoms with E-state index in [1.54, 1.807) is 6.92 Å². The number of rotatable bonds is 5. The van der Waals surface area contributed by atoms with Crippen LogP contribution in [0.15, 0.2) is 0 Å². The Bertz CT molecular complexity index is 290. The molecule has 0 saturated carbocycles. The van der Waals surface area contributed by atoms with Crippen molar-refractivity contribution in [1.82, 2.24) is 5.32 Å². The van der Waals surface area contributed by atoms with Crippen molar-refractivity contribution in [2.45, 2.75) is 26.0 Å². The third-order valence-corrected chi connectivity index (χ3v) is 2.70. The van der Waals surface area contributed by atoms with E-state index >= 15 is 0 Å². The number of hydrogen-bond acceptors (Lipinski definition) is 4. The lowest BCUT2D eigenvalue weighted by Gasteiger charge is -2.41. The van der Waals surface area contributed by atoms with Crippen LogP contribution < -0.4 is 5.32 Å². The van der Waals surface area contributed by atoms with Crippen LogP contribution in [-0.2, 0) is 19.1 Å². The highest BCUT2D eigenvalue weighted by Crippen LogP contribution is 2.26. The molecule has 15 heavy (non-hydrogen) atoms. The van der Waals surface area contributed by atoms with E-state index in [1.807, 2.05) is 0 Å². The van der Waals surface area contributed by atoms with Crippen molar-refractivity contribution in [2.24, 2.45) is 11.8 Å². The molecule has 0 spiro atoms. The van der Waals surface area contributed by atoms with E-state index in [1.165, 1.54) is 6.92 Å². The van der Waals surface area contributed by atoms with Gasteiger partial charge in [0.2, 0.25) is 5.91 Å². The largest absolute Gasteiger partial charge is 0.481 e. The second-order valence-corrected chi connectivity index (χ2v) is 3.62. The van der Waals surface area contributed by atoms with Crippen LogP contribution in [0.2, 0.25) is 0 Å². The normalized spacial score (nSPS) is 28.3. The highest BCUT2D eigenvalue weighted by Gasteiger charge is 2.48. The quantitative estimate of drug-likeness (QED) is 0.471. The Morgan fingerprint density at radius 1 is 1.60 bits per heavy atom. The number of β-lactam (4-membered cyclic amide) rings is 1. The highest BCUT2D eigenvalue weighted by atomic mass is 16.5. The number of aliphatic carboxylic acids is 1. The third kappa shape index (κ3) is 2.08. The molecule has 0 aromatic heterocycles. The van der Waals surface area contributed by atoms with Gasteiger partial charge in [0.1, 0.15) is 6.10 Å². The van der Waals surface area contributed by atoms with Crippen LogP contribution in [0.5, 0.6) is 0 Å². The number of ether oxygens (including phenoxy) is 1. The van der Waals surface area contributed by atoms with E-state index in [4.69, 9.17) is 5.11 Å². The highest BCUT2D eigenvalue weighted by molar-refractivity contribution is 5.88. The average molecular weight is 215 g/mol. The minimum absolute atomic E-state index is 0.263. The SMILES string of the molecule is CC(C(=O)O)[C@H]1NC(=O)[C@@H]1[C@H](C)OC=O. The number of carbonyl (C=O) groups is 3. The summed E-state index contributed by atoms with van der Waals surface area (Å²) in [5.41, 5.74) is 0. The summed E-state index contributed by atoms with van der Waals surface area (Å²) < 4.78 is 4.64. The van der Waals surface area contributed by atoms with E-state index in [0.717, 1.165) is 0 Å². The van der Waals surface area contributed by atoms with Crippen LogP contribution in [0.1, 0.15) is 13.8 Å². The van der Waals surface area contributed by atoms with Crippen LogP contribution in [0.4, 0.5) is 0 Å². The molecule has 2 N–H and O–H groups in total. The topological polar surface area (TPSA) is 92.7 Å². The molecular formula is C9H13NO5. The summed E-state index contributed by atoms with van der Waals surface area (Å²) in [6.07, 6.45) is -0.594. The van der Waals surface area contributed by atoms with Gasteiger partial charge < -0.3 is 15.2 Å². The van der Waals surface area contributed by atoms with Gasteiger partial charge in [-0.2, -0.15) is 0 Å². The minimum Gasteiger partial charge on any atom is -0.481 e. The number of hydrogen-bond donors (Lipinski definition) is 2. The van der Waals surface area contributed by atoms with Gasteiger partial charge in [-0.1, -0.05) is 0 Å². The zero-order valence-corrected chi connectivity index (χ0v) is 8.47. The molecule has 1 fully saturated rings. The van der Waals surface area contributed by atoms with Gasteiger partial charge in [-0.3, -0.25) is 14.4 Å². The molecule has 1 amide bonds. The molecule has 1 unspecified atom stereocenters. The minimum atomic E-state index is -0.983. The Kier molecular flexibility index (Phi) is 3.28. The number of carbonyl (C=O) groups excluding carboxylic acids is 2. The van der Waals surface area contributed by atoms with Gasteiger partial charge in [0.05, 0.1) is 17.9 Å². The third-order valence-electron chi connectivity index (χ3n) is 2.70. The van der Waals surface area contributed by atoms with Gasteiger partial charge in [0.25, 0.3) is 6.47 Å². The monoisotopic (exact) mass is 215 g/mol. The Labute approximate surface area is 86.6 Å². The molecule has 6 heteroatoms. The molecule has 1 aliphatic rings. The van der Waals surface area contributed by atoms with Crippen LogP contribution >= 0.6 is 0 Å². The fourth-order valence-electron chi connectivity index (χ4n) is 1.68. The smallest absolute Gasteiger partial charge is 0.308 e. The Hall–Kier alpha value is -1.59. The van der Waals surface area contributed by atoms with Crippen molar-refractivity contribution >= 4 is 18.3 Å². The summed E-state index contributed by atoms with van der Waals surface area (Å²) >= 11 is 0. The van der Waals surface area contributed by atoms with E-state index in [9.17, 15) is 14.4 Å². The molecule has 0 aromatic carbocycles. The molecule has 4 atom stereocenters. The zero-order chi connectivity index (χ0) is 11.6. The summed E-state index contributed by atoms with van der Waals surface area (Å²) in [6, 6.07) is -0.468. The second kappa shape index (κ2) is 4.29. The lowest BCUT2D eigenvalue weighted by molar-refractivity contribution is -0.155. The van der Waals surface area contributed by atoms with Gasteiger partial charge in [-0.15, -0.1) is 0 Å². The maximum absolute atomic E-state index is 11.2. The Balaban J connectivity index is 2.65. The number of carboxylic acids is 1. The van der Waals surface area contributed by atoms with Crippen molar-refractivity contribution in [3.63, 3.8) is 0 Å². The van der Waals surface area contributed by atoms with E-state index < -0.39 is 30.0 Å². The predicted molar refractivity (Wildman–Crippen MR) is 48.8 cm³/mol. The van der Waals surface area contributed by atoms with Gasteiger partial charge in [0.15, 0.2) is 0 Å². The predicted octanol–water partition coefficient (Wildman–Crippen LogP) is -0.617. The summed E-state index contributed by atoms with van der Waals surface area (Å²) in [5, 5.41) is 11.3. The molecule has 0 aromatic rings. The molecule has 1 saturated heterocycles.